The first-order valence-corrected chi connectivity index (χ1v) is 8.19. The molecular formula is C11H21N3O5S2. The van der Waals surface area contributed by atoms with Crippen molar-refractivity contribution in [1.29, 1.82) is 0 Å². The predicted octanol–water partition coefficient (Wildman–Crippen LogP) is -1.96. The maximum Gasteiger partial charge on any atom is 0.327 e. The van der Waals surface area contributed by atoms with Crippen LogP contribution in [-0.2, 0) is 14.4 Å². The van der Waals surface area contributed by atoms with E-state index in [1.165, 1.54) is 11.8 Å². The molecule has 0 heterocycles. The zero-order valence-corrected chi connectivity index (χ0v) is 13.3. The van der Waals surface area contributed by atoms with Gasteiger partial charge in [-0.2, -0.15) is 24.4 Å². The molecule has 3 atom stereocenters. The van der Waals surface area contributed by atoms with E-state index in [1.807, 2.05) is 6.26 Å². The van der Waals surface area contributed by atoms with Crippen LogP contribution in [0.25, 0.3) is 0 Å². The zero-order chi connectivity index (χ0) is 16.4. The Kier molecular flexibility index (Phi) is 10.2. The van der Waals surface area contributed by atoms with Gasteiger partial charge in [0.05, 0.1) is 12.6 Å². The summed E-state index contributed by atoms with van der Waals surface area (Å²) in [6.45, 7) is -0.661. The van der Waals surface area contributed by atoms with Crippen molar-refractivity contribution in [2.45, 2.75) is 24.5 Å². The number of carboxylic acids is 1. The molecule has 10 heteroatoms. The van der Waals surface area contributed by atoms with Crippen molar-refractivity contribution in [3.8, 4) is 0 Å². The molecule has 0 saturated heterocycles. The summed E-state index contributed by atoms with van der Waals surface area (Å²) >= 11 is 5.33. The van der Waals surface area contributed by atoms with E-state index in [-0.39, 0.29) is 5.75 Å². The Morgan fingerprint density at radius 2 is 1.81 bits per heavy atom. The average Bonchev–Trinajstić information content (AvgIpc) is 2.46. The number of nitrogens with two attached hydrogens (primary N) is 1. The summed E-state index contributed by atoms with van der Waals surface area (Å²) in [7, 11) is 0. The van der Waals surface area contributed by atoms with Crippen LogP contribution in [0, 0.1) is 0 Å². The topological polar surface area (TPSA) is 142 Å². The number of amides is 2. The molecule has 0 aliphatic carbocycles. The van der Waals surface area contributed by atoms with Crippen LogP contribution in [-0.4, -0.2) is 70.5 Å². The van der Waals surface area contributed by atoms with Crippen molar-refractivity contribution in [1.82, 2.24) is 10.6 Å². The summed E-state index contributed by atoms with van der Waals surface area (Å²) in [5.41, 5.74) is 5.64. The first-order valence-electron chi connectivity index (χ1n) is 6.17. The van der Waals surface area contributed by atoms with Gasteiger partial charge in [-0.3, -0.25) is 9.59 Å². The van der Waals surface area contributed by atoms with Gasteiger partial charge in [0.2, 0.25) is 11.8 Å². The molecule has 6 N–H and O–H groups in total. The number of hydrogen-bond donors (Lipinski definition) is 6. The van der Waals surface area contributed by atoms with Crippen molar-refractivity contribution < 1.29 is 24.6 Å². The molecule has 0 fully saturated rings. The number of hydrogen-bond acceptors (Lipinski definition) is 7. The fourth-order valence-corrected chi connectivity index (χ4v) is 2.04. The number of aliphatic carboxylic acids is 1. The Labute approximate surface area is 132 Å². The fourth-order valence-electron chi connectivity index (χ4n) is 1.31. The van der Waals surface area contributed by atoms with E-state index >= 15 is 0 Å². The van der Waals surface area contributed by atoms with Crippen molar-refractivity contribution in [2.24, 2.45) is 5.73 Å². The summed E-state index contributed by atoms with van der Waals surface area (Å²) in [5.74, 6) is -2.05. The Bertz CT molecular complexity index is 370. The molecule has 0 bridgehead atoms. The van der Waals surface area contributed by atoms with Crippen LogP contribution >= 0.6 is 24.4 Å². The molecule has 0 aromatic rings. The Morgan fingerprint density at radius 3 is 2.24 bits per heavy atom. The highest BCUT2D eigenvalue weighted by Crippen LogP contribution is 1.99. The SMILES string of the molecule is CSCCC(N)C(=O)NC(CO)C(=O)NC(CS)C(=O)O. The minimum absolute atomic E-state index is 0.111. The molecule has 0 aromatic carbocycles. The van der Waals surface area contributed by atoms with Gasteiger partial charge < -0.3 is 26.6 Å². The van der Waals surface area contributed by atoms with Crippen LogP contribution in [0.2, 0.25) is 0 Å². The highest BCUT2D eigenvalue weighted by atomic mass is 32.2. The summed E-state index contributed by atoms with van der Waals surface area (Å²) in [4.78, 5) is 34.3. The van der Waals surface area contributed by atoms with E-state index in [0.29, 0.717) is 12.2 Å². The number of aliphatic hydroxyl groups is 1. The normalized spacial score (nSPS) is 14.9. The van der Waals surface area contributed by atoms with Gasteiger partial charge in [-0.05, 0) is 18.4 Å². The molecule has 0 radical (unpaired) electrons. The van der Waals surface area contributed by atoms with Gasteiger partial charge in [0.15, 0.2) is 0 Å². The molecule has 122 valence electrons. The van der Waals surface area contributed by atoms with Crippen molar-refractivity contribution >= 4 is 42.2 Å². The monoisotopic (exact) mass is 339 g/mol. The Morgan fingerprint density at radius 1 is 1.24 bits per heavy atom. The van der Waals surface area contributed by atoms with E-state index in [1.54, 1.807) is 0 Å². The van der Waals surface area contributed by atoms with Gasteiger partial charge in [0.1, 0.15) is 12.1 Å². The maximum atomic E-state index is 11.8. The number of thiol groups is 1. The smallest absolute Gasteiger partial charge is 0.327 e. The molecule has 8 nitrogen and oxygen atoms in total. The summed E-state index contributed by atoms with van der Waals surface area (Å²) in [5, 5.41) is 22.4. The van der Waals surface area contributed by atoms with Gasteiger partial charge in [-0.1, -0.05) is 0 Å². The standard InChI is InChI=1S/C11H21N3O5S2/c1-21-3-2-6(12)9(16)13-7(4-15)10(17)14-8(5-20)11(18)19/h6-8,15,20H,2-5,12H2,1H3,(H,13,16)(H,14,17)(H,18,19). The highest BCUT2D eigenvalue weighted by Gasteiger charge is 2.26. The molecule has 0 spiro atoms. The van der Waals surface area contributed by atoms with Gasteiger partial charge in [-0.15, -0.1) is 0 Å². The first kappa shape index (κ1) is 20.0. The predicted molar refractivity (Wildman–Crippen MR) is 83.4 cm³/mol. The number of carbonyl (C=O) groups excluding carboxylic acids is 2. The van der Waals surface area contributed by atoms with Crippen molar-refractivity contribution in [2.75, 3.05) is 24.4 Å². The zero-order valence-electron chi connectivity index (χ0n) is 11.6. The van der Waals surface area contributed by atoms with Crippen molar-refractivity contribution in [3.63, 3.8) is 0 Å². The van der Waals surface area contributed by atoms with Crippen LogP contribution in [0.4, 0.5) is 0 Å². The number of aliphatic hydroxyl groups excluding tert-OH is 1. The molecule has 0 saturated carbocycles. The summed E-state index contributed by atoms with van der Waals surface area (Å²) in [6, 6.07) is -3.24. The van der Waals surface area contributed by atoms with Crippen LogP contribution < -0.4 is 16.4 Å². The van der Waals surface area contributed by atoms with Gasteiger partial charge >= 0.3 is 5.97 Å². The second kappa shape index (κ2) is 10.7. The third-order valence-corrected chi connectivity index (χ3v) is 3.59. The van der Waals surface area contributed by atoms with Crippen molar-refractivity contribution in [3.05, 3.63) is 0 Å². The number of thioether (sulfide) groups is 1. The van der Waals surface area contributed by atoms with E-state index < -0.39 is 42.5 Å². The third kappa shape index (κ3) is 7.55. The molecule has 0 aliphatic rings. The van der Waals surface area contributed by atoms with Crippen LogP contribution in [0.1, 0.15) is 6.42 Å². The number of carbonyl (C=O) groups is 3. The molecule has 21 heavy (non-hydrogen) atoms. The lowest BCUT2D eigenvalue weighted by Gasteiger charge is -2.20. The number of rotatable bonds is 10. The largest absolute Gasteiger partial charge is 0.480 e. The molecular weight excluding hydrogens is 318 g/mol. The third-order valence-electron chi connectivity index (χ3n) is 2.58. The summed E-state index contributed by atoms with van der Waals surface area (Å²) < 4.78 is 0. The maximum absolute atomic E-state index is 11.8. The molecule has 3 unspecified atom stereocenters. The minimum Gasteiger partial charge on any atom is -0.480 e. The lowest BCUT2D eigenvalue weighted by molar-refractivity contribution is -0.141. The van der Waals surface area contributed by atoms with E-state index in [2.05, 4.69) is 23.3 Å². The van der Waals surface area contributed by atoms with Gasteiger partial charge in [-0.25, -0.2) is 4.79 Å². The Hall–Kier alpha value is -0.970. The van der Waals surface area contributed by atoms with Gasteiger partial charge in [0.25, 0.3) is 0 Å². The quantitative estimate of drug-likeness (QED) is 0.254. The molecule has 0 rings (SSSR count). The van der Waals surface area contributed by atoms with Crippen LogP contribution in [0.5, 0.6) is 0 Å². The fraction of sp³-hybridized carbons (Fsp3) is 0.727. The lowest BCUT2D eigenvalue weighted by atomic mass is 10.2. The minimum atomic E-state index is -1.25. The second-order valence-corrected chi connectivity index (χ2v) is 5.56. The highest BCUT2D eigenvalue weighted by molar-refractivity contribution is 7.98. The molecule has 2 amide bonds. The second-order valence-electron chi connectivity index (χ2n) is 4.21. The number of carboxylic acid groups (broad SMARTS) is 1. The lowest BCUT2D eigenvalue weighted by Crippen LogP contribution is -2.56. The van der Waals surface area contributed by atoms with E-state index in [9.17, 15) is 14.4 Å². The molecule has 0 aromatic heterocycles. The van der Waals surface area contributed by atoms with Gasteiger partial charge in [0, 0.05) is 5.75 Å². The number of nitrogens with one attached hydrogen (secondary N) is 2. The average molecular weight is 339 g/mol. The van der Waals surface area contributed by atoms with Crippen LogP contribution in [0.15, 0.2) is 0 Å². The first-order chi connectivity index (χ1) is 9.87. The van der Waals surface area contributed by atoms with E-state index in [0.717, 1.165) is 0 Å². The Balaban J connectivity index is 4.52. The van der Waals surface area contributed by atoms with E-state index in [4.69, 9.17) is 15.9 Å². The molecule has 0 aliphatic heterocycles. The van der Waals surface area contributed by atoms with Crippen LogP contribution in [0.3, 0.4) is 0 Å². The summed E-state index contributed by atoms with van der Waals surface area (Å²) in [6.07, 6.45) is 2.30.